The Morgan fingerprint density at radius 3 is 2.25 bits per heavy atom. The van der Waals surface area contributed by atoms with Crippen molar-refractivity contribution in [2.24, 2.45) is 0 Å². The first-order valence-corrected chi connectivity index (χ1v) is 5.69. The molecule has 0 radical (unpaired) electrons. The number of non-ortho nitro benzene ring substituents is 2. The van der Waals surface area contributed by atoms with Gasteiger partial charge in [-0.25, -0.2) is 0 Å². The first-order valence-electron chi connectivity index (χ1n) is 5.69. The minimum Gasteiger partial charge on any atom is -0.258 e. The van der Waals surface area contributed by atoms with Crippen LogP contribution in [0, 0.1) is 20.2 Å². The maximum atomic E-state index is 11.1. The van der Waals surface area contributed by atoms with Gasteiger partial charge in [0.15, 0.2) is 0 Å². The molecule has 0 unspecified atom stereocenters. The van der Waals surface area contributed by atoms with Gasteiger partial charge in [0.05, 0.1) is 26.1 Å². The quantitative estimate of drug-likeness (QED) is 0.404. The summed E-state index contributed by atoms with van der Waals surface area (Å²) in [5.41, 5.74) is 0.0356. The number of hydrogen-bond donors (Lipinski definition) is 0. The predicted octanol–water partition coefficient (Wildman–Crippen LogP) is 3.20. The van der Waals surface area contributed by atoms with E-state index in [1.54, 1.807) is 24.3 Å². The zero-order valence-corrected chi connectivity index (χ0v) is 10.0. The van der Waals surface area contributed by atoms with Gasteiger partial charge in [-0.1, -0.05) is 12.1 Å². The molecule has 7 heteroatoms. The van der Waals surface area contributed by atoms with Gasteiger partial charge in [-0.05, 0) is 12.1 Å². The maximum Gasteiger partial charge on any atom is 0.279 e. The number of hydrogen-bond acceptors (Lipinski definition) is 5. The second-order valence-electron chi connectivity index (χ2n) is 4.18. The molecule has 2 aromatic carbocycles. The molecule has 1 heterocycles. The van der Waals surface area contributed by atoms with Crippen LogP contribution in [0.2, 0.25) is 0 Å². The number of fused-ring (bicyclic) bond motifs is 3. The summed E-state index contributed by atoms with van der Waals surface area (Å²) in [4.78, 5) is 25.2. The third kappa shape index (κ3) is 1.64. The fourth-order valence-electron chi connectivity index (χ4n) is 2.26. The van der Waals surface area contributed by atoms with Crippen molar-refractivity contribution in [3.63, 3.8) is 0 Å². The smallest absolute Gasteiger partial charge is 0.258 e. The van der Waals surface area contributed by atoms with E-state index < -0.39 is 9.85 Å². The number of nitro benzene ring substituents is 2. The van der Waals surface area contributed by atoms with E-state index in [4.69, 9.17) is 0 Å². The van der Waals surface area contributed by atoms with Crippen molar-refractivity contribution in [2.75, 3.05) is 0 Å². The lowest BCUT2D eigenvalue weighted by atomic mass is 10.0. The second kappa shape index (κ2) is 4.23. The first-order chi connectivity index (χ1) is 9.59. The molecule has 20 heavy (non-hydrogen) atoms. The number of nitrogens with zero attached hydrogens (tertiary/aromatic N) is 3. The van der Waals surface area contributed by atoms with Gasteiger partial charge in [0, 0.05) is 23.7 Å². The zero-order chi connectivity index (χ0) is 14.3. The Labute approximate surface area is 111 Å². The molecule has 3 aromatic rings. The summed E-state index contributed by atoms with van der Waals surface area (Å²) in [6, 6.07) is 8.94. The highest BCUT2D eigenvalue weighted by molar-refractivity contribution is 6.12. The Morgan fingerprint density at radius 2 is 1.55 bits per heavy atom. The SMILES string of the molecule is O=[N+]([O-])c1cccc2c1cc([N+](=O)[O-])c1cccnc12. The van der Waals surface area contributed by atoms with Crippen molar-refractivity contribution in [3.05, 3.63) is 62.8 Å². The molecule has 0 saturated heterocycles. The molecule has 3 rings (SSSR count). The maximum absolute atomic E-state index is 11.1. The van der Waals surface area contributed by atoms with Crippen LogP contribution in [-0.2, 0) is 0 Å². The molecule has 0 atom stereocenters. The molecule has 0 bridgehead atoms. The van der Waals surface area contributed by atoms with Crippen molar-refractivity contribution < 1.29 is 9.85 Å². The van der Waals surface area contributed by atoms with Gasteiger partial charge in [-0.15, -0.1) is 0 Å². The van der Waals surface area contributed by atoms with Crippen molar-refractivity contribution in [2.45, 2.75) is 0 Å². The summed E-state index contributed by atoms with van der Waals surface area (Å²) >= 11 is 0. The van der Waals surface area contributed by atoms with Crippen molar-refractivity contribution in [3.8, 4) is 0 Å². The van der Waals surface area contributed by atoms with Gasteiger partial charge in [-0.2, -0.15) is 0 Å². The van der Waals surface area contributed by atoms with Crippen LogP contribution in [0.15, 0.2) is 42.6 Å². The Morgan fingerprint density at radius 1 is 0.850 bits per heavy atom. The predicted molar refractivity (Wildman–Crippen MR) is 72.6 cm³/mol. The Bertz CT molecular complexity index is 871. The minimum absolute atomic E-state index is 0.168. The number of rotatable bonds is 2. The fraction of sp³-hybridized carbons (Fsp3) is 0. The van der Waals surface area contributed by atoms with Gasteiger partial charge in [0.2, 0.25) is 0 Å². The molecule has 0 aliphatic carbocycles. The lowest BCUT2D eigenvalue weighted by Gasteiger charge is -2.04. The average Bonchev–Trinajstić information content (AvgIpc) is 2.45. The van der Waals surface area contributed by atoms with E-state index in [1.807, 2.05) is 0 Å². The van der Waals surface area contributed by atoms with E-state index in [1.165, 1.54) is 18.3 Å². The van der Waals surface area contributed by atoms with Crippen LogP contribution in [-0.4, -0.2) is 14.8 Å². The first kappa shape index (κ1) is 12.0. The summed E-state index contributed by atoms with van der Waals surface area (Å²) in [5, 5.41) is 23.3. The summed E-state index contributed by atoms with van der Waals surface area (Å²) in [7, 11) is 0. The fourth-order valence-corrected chi connectivity index (χ4v) is 2.26. The van der Waals surface area contributed by atoms with E-state index in [0.29, 0.717) is 16.3 Å². The number of aromatic nitrogens is 1. The Hall–Kier alpha value is -3.09. The summed E-state index contributed by atoms with van der Waals surface area (Å²) in [5.74, 6) is 0. The molecule has 0 aliphatic heterocycles. The number of pyridine rings is 1. The highest BCUT2D eigenvalue weighted by Crippen LogP contribution is 2.35. The van der Waals surface area contributed by atoms with Crippen molar-refractivity contribution in [1.29, 1.82) is 0 Å². The van der Waals surface area contributed by atoms with E-state index in [-0.39, 0.29) is 16.8 Å². The molecule has 7 nitrogen and oxygen atoms in total. The monoisotopic (exact) mass is 269 g/mol. The van der Waals surface area contributed by atoms with Crippen LogP contribution in [0.5, 0.6) is 0 Å². The van der Waals surface area contributed by atoms with Crippen LogP contribution < -0.4 is 0 Å². The third-order valence-corrected chi connectivity index (χ3v) is 3.10. The molecule has 1 aromatic heterocycles. The molecule has 0 fully saturated rings. The second-order valence-corrected chi connectivity index (χ2v) is 4.18. The summed E-state index contributed by atoms with van der Waals surface area (Å²) < 4.78 is 0. The summed E-state index contributed by atoms with van der Waals surface area (Å²) in [6.45, 7) is 0. The van der Waals surface area contributed by atoms with Crippen LogP contribution in [0.25, 0.3) is 21.7 Å². The van der Waals surface area contributed by atoms with Gasteiger partial charge in [-0.3, -0.25) is 25.2 Å². The van der Waals surface area contributed by atoms with Crippen molar-refractivity contribution >= 4 is 33.1 Å². The molecule has 0 N–H and O–H groups in total. The van der Waals surface area contributed by atoms with Gasteiger partial charge in [0.25, 0.3) is 11.4 Å². The van der Waals surface area contributed by atoms with Crippen LogP contribution >= 0.6 is 0 Å². The van der Waals surface area contributed by atoms with Gasteiger partial charge in [0.1, 0.15) is 0 Å². The number of benzene rings is 2. The molecule has 0 spiro atoms. The molecule has 0 saturated carbocycles. The third-order valence-electron chi connectivity index (χ3n) is 3.10. The van der Waals surface area contributed by atoms with E-state index in [0.717, 1.165) is 0 Å². The highest BCUT2D eigenvalue weighted by Gasteiger charge is 2.20. The average molecular weight is 269 g/mol. The zero-order valence-electron chi connectivity index (χ0n) is 10.0. The Kier molecular flexibility index (Phi) is 2.53. The Balaban J connectivity index is 2.59. The lowest BCUT2D eigenvalue weighted by molar-refractivity contribution is -0.384. The van der Waals surface area contributed by atoms with Crippen LogP contribution in [0.3, 0.4) is 0 Å². The molecule has 98 valence electrons. The van der Waals surface area contributed by atoms with Crippen molar-refractivity contribution in [1.82, 2.24) is 4.98 Å². The van der Waals surface area contributed by atoms with Gasteiger partial charge < -0.3 is 0 Å². The highest BCUT2D eigenvalue weighted by atomic mass is 16.6. The molecular formula is C13H7N3O4. The topological polar surface area (TPSA) is 99.2 Å². The standard InChI is InChI=1S/C13H7N3O4/c17-15(18)11-5-1-3-8-10(11)7-12(16(19)20)9-4-2-6-14-13(8)9/h1-7H. The van der Waals surface area contributed by atoms with E-state index >= 15 is 0 Å². The molecular weight excluding hydrogens is 262 g/mol. The minimum atomic E-state index is -0.555. The lowest BCUT2D eigenvalue weighted by Crippen LogP contribution is -1.95. The summed E-state index contributed by atoms with van der Waals surface area (Å²) in [6.07, 6.45) is 1.50. The van der Waals surface area contributed by atoms with Crippen LogP contribution in [0.1, 0.15) is 0 Å². The van der Waals surface area contributed by atoms with E-state index in [2.05, 4.69) is 4.98 Å². The molecule has 0 aliphatic rings. The van der Waals surface area contributed by atoms with Crippen LogP contribution in [0.4, 0.5) is 11.4 Å². The number of nitro groups is 2. The van der Waals surface area contributed by atoms with E-state index in [9.17, 15) is 20.2 Å². The molecule has 0 amide bonds. The normalized spacial score (nSPS) is 10.8. The van der Waals surface area contributed by atoms with Gasteiger partial charge >= 0.3 is 0 Å². The largest absolute Gasteiger partial charge is 0.279 e.